The monoisotopic (exact) mass is 364 g/mol. The summed E-state index contributed by atoms with van der Waals surface area (Å²) in [7, 11) is -3.62. The third kappa shape index (κ3) is 5.06. The van der Waals surface area contributed by atoms with E-state index >= 15 is 0 Å². The summed E-state index contributed by atoms with van der Waals surface area (Å²) in [6.07, 6.45) is 2.38. The topological polar surface area (TPSA) is 79.2 Å². The summed E-state index contributed by atoms with van der Waals surface area (Å²) in [6.45, 7) is 2.81. The molecule has 0 amide bonds. The maximum absolute atomic E-state index is 12.3. The van der Waals surface area contributed by atoms with Crippen LogP contribution in [-0.2, 0) is 16.4 Å². The first-order chi connectivity index (χ1) is 11.6. The fourth-order valence-electron chi connectivity index (χ4n) is 2.11. The number of nitrogens with zero attached hydrogens (tertiary/aromatic N) is 1. The number of nitrogens with one attached hydrogen (secondary N) is 1. The summed E-state index contributed by atoms with van der Waals surface area (Å²) >= 11 is 1.66. The molecule has 0 radical (unpaired) electrons. The van der Waals surface area contributed by atoms with Crippen LogP contribution in [0.2, 0.25) is 0 Å². The van der Waals surface area contributed by atoms with Gasteiger partial charge in [-0.2, -0.15) is 5.26 Å². The second-order valence-electron chi connectivity index (χ2n) is 5.20. The highest BCUT2D eigenvalue weighted by molar-refractivity contribution is 7.89. The zero-order chi connectivity index (χ0) is 17.4. The molecule has 0 bridgehead atoms. The van der Waals surface area contributed by atoms with Crippen LogP contribution in [-0.4, -0.2) is 21.6 Å². The van der Waals surface area contributed by atoms with Crippen molar-refractivity contribution in [1.29, 1.82) is 5.26 Å². The Morgan fingerprint density at radius 1 is 1.33 bits per heavy atom. The van der Waals surface area contributed by atoms with Gasteiger partial charge in [-0.3, -0.25) is 0 Å². The minimum absolute atomic E-state index is 0.0824. The lowest BCUT2D eigenvalue weighted by Gasteiger charge is -2.10. The molecule has 0 unspecified atom stereocenters. The first kappa shape index (κ1) is 18.5. The number of hydrogen-bond donors (Lipinski definition) is 1. The summed E-state index contributed by atoms with van der Waals surface area (Å²) in [5, 5.41) is 11.2. The van der Waals surface area contributed by atoms with Crippen molar-refractivity contribution in [2.24, 2.45) is 0 Å². The highest BCUT2D eigenvalue weighted by Crippen LogP contribution is 2.22. The molecule has 1 aromatic heterocycles. The molecule has 0 spiro atoms. The van der Waals surface area contributed by atoms with Crippen molar-refractivity contribution in [3.63, 3.8) is 0 Å². The molecule has 0 aliphatic heterocycles. The van der Waals surface area contributed by atoms with Gasteiger partial charge in [0.2, 0.25) is 10.0 Å². The zero-order valence-corrected chi connectivity index (χ0v) is 15.1. The van der Waals surface area contributed by atoms with Crippen LogP contribution in [0.3, 0.4) is 0 Å². The van der Waals surface area contributed by atoms with E-state index in [4.69, 9.17) is 4.74 Å². The summed E-state index contributed by atoms with van der Waals surface area (Å²) in [6, 6.07) is 10.4. The Hall–Kier alpha value is -1.88. The fourth-order valence-corrected chi connectivity index (χ4v) is 3.96. The average molecular weight is 364 g/mol. The lowest BCUT2D eigenvalue weighted by atomic mass is 10.2. The second kappa shape index (κ2) is 8.83. The van der Waals surface area contributed by atoms with Crippen molar-refractivity contribution in [2.75, 3.05) is 13.2 Å². The molecule has 0 atom stereocenters. The molecule has 2 aromatic rings. The molecule has 0 fully saturated rings. The molecule has 1 aromatic carbocycles. The molecule has 0 saturated carbocycles. The van der Waals surface area contributed by atoms with Crippen molar-refractivity contribution in [1.82, 2.24) is 4.72 Å². The van der Waals surface area contributed by atoms with Gasteiger partial charge in [0, 0.05) is 11.4 Å². The number of nitriles is 1. The summed E-state index contributed by atoms with van der Waals surface area (Å²) in [5.74, 6) is 0.413. The van der Waals surface area contributed by atoms with Gasteiger partial charge < -0.3 is 4.74 Å². The molecule has 5 nitrogen and oxygen atoms in total. The van der Waals surface area contributed by atoms with Crippen molar-refractivity contribution in [3.8, 4) is 11.8 Å². The number of sulfonamides is 1. The van der Waals surface area contributed by atoms with E-state index in [1.807, 2.05) is 30.5 Å². The van der Waals surface area contributed by atoms with E-state index in [-0.39, 0.29) is 10.5 Å². The van der Waals surface area contributed by atoms with Gasteiger partial charge in [0.05, 0.1) is 17.1 Å². The zero-order valence-electron chi connectivity index (χ0n) is 13.5. The maximum atomic E-state index is 12.3. The Kier molecular flexibility index (Phi) is 6.79. The molecule has 24 heavy (non-hydrogen) atoms. The minimum atomic E-state index is -3.62. The normalized spacial score (nSPS) is 11.2. The fraction of sp³-hybridized carbons (Fsp3) is 0.353. The van der Waals surface area contributed by atoms with Crippen LogP contribution in [0, 0.1) is 11.3 Å². The molecular formula is C17H20N2O3S2. The molecule has 7 heteroatoms. The smallest absolute Gasteiger partial charge is 0.240 e. The Morgan fingerprint density at radius 3 is 2.83 bits per heavy atom. The summed E-state index contributed by atoms with van der Waals surface area (Å²) < 4.78 is 32.7. The van der Waals surface area contributed by atoms with Crippen LogP contribution in [0.4, 0.5) is 0 Å². The molecule has 0 saturated heterocycles. The predicted octanol–water partition coefficient (Wildman–Crippen LogP) is 3.32. The van der Waals surface area contributed by atoms with E-state index in [1.165, 1.54) is 23.1 Å². The molecular weight excluding hydrogens is 344 g/mol. The van der Waals surface area contributed by atoms with Gasteiger partial charge >= 0.3 is 0 Å². The van der Waals surface area contributed by atoms with Crippen LogP contribution in [0.5, 0.6) is 5.75 Å². The van der Waals surface area contributed by atoms with E-state index < -0.39 is 10.0 Å². The third-order valence-corrected chi connectivity index (χ3v) is 5.71. The second-order valence-corrected chi connectivity index (χ2v) is 8.00. The minimum Gasteiger partial charge on any atom is -0.492 e. The number of aryl methyl sites for hydroxylation is 1. The Morgan fingerprint density at radius 2 is 2.17 bits per heavy atom. The average Bonchev–Trinajstić information content (AvgIpc) is 3.10. The van der Waals surface area contributed by atoms with Gasteiger partial charge in [-0.15, -0.1) is 11.3 Å². The van der Waals surface area contributed by atoms with Gasteiger partial charge in [0.1, 0.15) is 11.8 Å². The molecule has 1 heterocycles. The van der Waals surface area contributed by atoms with Gasteiger partial charge in [-0.05, 0) is 48.9 Å². The van der Waals surface area contributed by atoms with Crippen LogP contribution in [0.15, 0.2) is 40.6 Å². The Bertz CT molecular complexity index is 794. The van der Waals surface area contributed by atoms with E-state index in [0.717, 1.165) is 19.3 Å². The Balaban J connectivity index is 1.99. The van der Waals surface area contributed by atoms with Gasteiger partial charge in [-0.1, -0.05) is 13.0 Å². The largest absolute Gasteiger partial charge is 0.492 e. The van der Waals surface area contributed by atoms with Gasteiger partial charge in [0.15, 0.2) is 0 Å². The first-order valence-corrected chi connectivity index (χ1v) is 10.1. The van der Waals surface area contributed by atoms with Crippen molar-refractivity contribution in [2.45, 2.75) is 31.1 Å². The van der Waals surface area contributed by atoms with Gasteiger partial charge in [0.25, 0.3) is 0 Å². The van der Waals surface area contributed by atoms with Crippen molar-refractivity contribution < 1.29 is 13.2 Å². The Labute approximate surface area is 147 Å². The first-order valence-electron chi connectivity index (χ1n) is 7.76. The van der Waals surface area contributed by atoms with E-state index in [9.17, 15) is 13.7 Å². The lowest BCUT2D eigenvalue weighted by molar-refractivity contribution is 0.316. The van der Waals surface area contributed by atoms with E-state index in [1.54, 1.807) is 11.3 Å². The molecule has 0 aliphatic carbocycles. The van der Waals surface area contributed by atoms with Crippen LogP contribution >= 0.6 is 11.3 Å². The van der Waals surface area contributed by atoms with E-state index in [0.29, 0.717) is 18.9 Å². The van der Waals surface area contributed by atoms with Gasteiger partial charge in [-0.25, -0.2) is 13.1 Å². The third-order valence-electron chi connectivity index (χ3n) is 3.32. The lowest BCUT2D eigenvalue weighted by Crippen LogP contribution is -2.25. The molecule has 128 valence electrons. The van der Waals surface area contributed by atoms with Crippen LogP contribution in [0.1, 0.15) is 30.2 Å². The number of hydrogen-bond acceptors (Lipinski definition) is 5. The van der Waals surface area contributed by atoms with Crippen molar-refractivity contribution >= 4 is 21.4 Å². The quantitative estimate of drug-likeness (QED) is 0.692. The highest BCUT2D eigenvalue weighted by Gasteiger charge is 2.16. The summed E-state index contributed by atoms with van der Waals surface area (Å²) in [5.41, 5.74) is 0.227. The maximum Gasteiger partial charge on any atom is 0.240 e. The van der Waals surface area contributed by atoms with Crippen molar-refractivity contribution in [3.05, 3.63) is 46.2 Å². The highest BCUT2D eigenvalue weighted by atomic mass is 32.2. The SMILES string of the molecule is CCCOc1ccc(S(=O)(=O)NCCCc2cccs2)cc1C#N. The van der Waals surface area contributed by atoms with Crippen LogP contribution < -0.4 is 9.46 Å². The standard InChI is InChI=1S/C17H20N2O3S2/c1-2-10-22-17-8-7-16(12-14(17)13-18)24(20,21)19-9-3-5-15-6-4-11-23-15/h4,6-8,11-12,19H,2-3,5,9-10H2,1H3. The number of rotatable bonds is 9. The summed E-state index contributed by atoms with van der Waals surface area (Å²) in [4.78, 5) is 1.32. The molecule has 2 rings (SSSR count). The van der Waals surface area contributed by atoms with Crippen LogP contribution in [0.25, 0.3) is 0 Å². The number of benzene rings is 1. The molecule has 1 N–H and O–H groups in total. The predicted molar refractivity (Wildman–Crippen MR) is 94.8 cm³/mol. The van der Waals surface area contributed by atoms with E-state index in [2.05, 4.69) is 4.72 Å². The number of thiophene rings is 1. The molecule has 0 aliphatic rings. The number of ether oxygens (including phenoxy) is 1.